The second kappa shape index (κ2) is 4.89. The minimum Gasteiger partial charge on any atom is -0.298 e. The number of aryl methyl sites for hydroxylation is 1. The number of alkyl halides is 1. The Labute approximate surface area is 101 Å². The van der Waals surface area contributed by atoms with E-state index in [1.165, 1.54) is 0 Å². The predicted octanol–water partition coefficient (Wildman–Crippen LogP) is 2.83. The van der Waals surface area contributed by atoms with Crippen molar-refractivity contribution < 1.29 is 9.59 Å². The number of Topliss-reactive ketones (excluding diaryl/α,β-unsaturated/α-hetero) is 1. The van der Waals surface area contributed by atoms with E-state index in [4.69, 9.17) is 11.6 Å². The Hall–Kier alpha value is -0.420. The molecule has 0 bridgehead atoms. The summed E-state index contributed by atoms with van der Waals surface area (Å²) in [5, 5.41) is 0. The molecule has 0 aliphatic carbocycles. The van der Waals surface area contributed by atoms with Crippen LogP contribution in [0.25, 0.3) is 0 Å². The number of carbonyl (C=O) groups is 2. The Bertz CT molecular complexity index is 388. The number of benzene rings is 1. The van der Waals surface area contributed by atoms with Crippen molar-refractivity contribution in [3.8, 4) is 0 Å². The van der Waals surface area contributed by atoms with Crippen molar-refractivity contribution in [1.82, 2.24) is 0 Å². The quantitative estimate of drug-likeness (QED) is 0.371. The standard InChI is InChI=1S/C10H8ClIO2/c1-6-2-9(12)7(5-13)3-8(6)10(14)4-11/h2-3,5H,4H2,1H3. The van der Waals surface area contributed by atoms with E-state index in [-0.39, 0.29) is 11.7 Å². The molecule has 0 aliphatic heterocycles. The number of aldehydes is 1. The maximum absolute atomic E-state index is 11.4. The Morgan fingerprint density at radius 1 is 1.57 bits per heavy atom. The molecule has 1 rings (SSSR count). The van der Waals surface area contributed by atoms with Gasteiger partial charge in [0.15, 0.2) is 12.1 Å². The molecule has 0 heterocycles. The average Bonchev–Trinajstić information content (AvgIpc) is 2.17. The van der Waals surface area contributed by atoms with Crippen LogP contribution in [0.2, 0.25) is 0 Å². The Kier molecular flexibility index (Phi) is 4.07. The van der Waals surface area contributed by atoms with Gasteiger partial charge in [-0.2, -0.15) is 0 Å². The van der Waals surface area contributed by atoms with Gasteiger partial charge in [-0.25, -0.2) is 0 Å². The molecular weight excluding hydrogens is 314 g/mol. The van der Waals surface area contributed by atoms with Crippen LogP contribution in [0.5, 0.6) is 0 Å². The first kappa shape index (κ1) is 11.7. The number of rotatable bonds is 3. The summed E-state index contributed by atoms with van der Waals surface area (Å²) in [4.78, 5) is 22.0. The lowest BCUT2D eigenvalue weighted by molar-refractivity contribution is 0.102. The van der Waals surface area contributed by atoms with Crippen LogP contribution in [-0.4, -0.2) is 17.9 Å². The second-order valence-electron chi connectivity index (χ2n) is 2.86. The number of halogens is 2. The Morgan fingerprint density at radius 3 is 2.71 bits per heavy atom. The molecule has 0 unspecified atom stereocenters. The normalized spacial score (nSPS) is 9.93. The van der Waals surface area contributed by atoms with E-state index < -0.39 is 0 Å². The lowest BCUT2D eigenvalue weighted by Crippen LogP contribution is -2.05. The second-order valence-corrected chi connectivity index (χ2v) is 4.29. The number of hydrogen-bond acceptors (Lipinski definition) is 2. The lowest BCUT2D eigenvalue weighted by atomic mass is 10.0. The lowest BCUT2D eigenvalue weighted by Gasteiger charge is -2.05. The summed E-state index contributed by atoms with van der Waals surface area (Å²) in [6, 6.07) is 3.40. The highest BCUT2D eigenvalue weighted by Crippen LogP contribution is 2.18. The third-order valence-electron chi connectivity index (χ3n) is 1.89. The maximum atomic E-state index is 11.4. The van der Waals surface area contributed by atoms with Gasteiger partial charge in [0.2, 0.25) is 0 Å². The van der Waals surface area contributed by atoms with Crippen LogP contribution in [-0.2, 0) is 0 Å². The largest absolute Gasteiger partial charge is 0.298 e. The van der Waals surface area contributed by atoms with Crippen molar-refractivity contribution in [3.63, 3.8) is 0 Å². The highest BCUT2D eigenvalue weighted by Gasteiger charge is 2.10. The number of hydrogen-bond donors (Lipinski definition) is 0. The number of ketones is 1. The van der Waals surface area contributed by atoms with E-state index in [1.807, 2.05) is 13.0 Å². The maximum Gasteiger partial charge on any atom is 0.177 e. The molecule has 0 fully saturated rings. The van der Waals surface area contributed by atoms with Crippen LogP contribution in [0.3, 0.4) is 0 Å². The van der Waals surface area contributed by atoms with E-state index in [0.717, 1.165) is 15.4 Å². The first-order valence-corrected chi connectivity index (χ1v) is 5.56. The van der Waals surface area contributed by atoms with Gasteiger partial charge in [0.05, 0.1) is 5.88 Å². The molecule has 74 valence electrons. The first-order valence-electron chi connectivity index (χ1n) is 3.94. The smallest absolute Gasteiger partial charge is 0.177 e. The topological polar surface area (TPSA) is 34.1 Å². The molecule has 0 aliphatic rings. The molecular formula is C10H8ClIO2. The molecule has 0 aromatic heterocycles. The van der Waals surface area contributed by atoms with E-state index in [2.05, 4.69) is 22.6 Å². The fourth-order valence-electron chi connectivity index (χ4n) is 1.15. The van der Waals surface area contributed by atoms with Crippen molar-refractivity contribution in [2.75, 3.05) is 5.88 Å². The fraction of sp³-hybridized carbons (Fsp3) is 0.200. The summed E-state index contributed by atoms with van der Waals surface area (Å²) >= 11 is 7.52. The van der Waals surface area contributed by atoms with Crippen molar-refractivity contribution in [3.05, 3.63) is 32.4 Å². The molecule has 0 N–H and O–H groups in total. The fourth-order valence-corrected chi connectivity index (χ4v) is 2.05. The van der Waals surface area contributed by atoms with Gasteiger partial charge < -0.3 is 0 Å². The van der Waals surface area contributed by atoms with Crippen LogP contribution in [0.4, 0.5) is 0 Å². The molecule has 14 heavy (non-hydrogen) atoms. The van der Waals surface area contributed by atoms with E-state index in [1.54, 1.807) is 6.07 Å². The zero-order valence-corrected chi connectivity index (χ0v) is 10.4. The highest BCUT2D eigenvalue weighted by molar-refractivity contribution is 14.1. The van der Waals surface area contributed by atoms with E-state index >= 15 is 0 Å². The summed E-state index contributed by atoms with van der Waals surface area (Å²) in [6.07, 6.45) is 0.742. The van der Waals surface area contributed by atoms with Crippen molar-refractivity contribution in [1.29, 1.82) is 0 Å². The molecule has 0 saturated carbocycles. The summed E-state index contributed by atoms with van der Waals surface area (Å²) in [6.45, 7) is 1.83. The van der Waals surface area contributed by atoms with Gasteiger partial charge in [-0.1, -0.05) is 0 Å². The zero-order chi connectivity index (χ0) is 10.7. The summed E-state index contributed by atoms with van der Waals surface area (Å²) in [5.74, 6) is -0.205. The third-order valence-corrected chi connectivity index (χ3v) is 3.07. The van der Waals surface area contributed by atoms with Gasteiger partial charge in [-0.3, -0.25) is 9.59 Å². The van der Waals surface area contributed by atoms with Gasteiger partial charge >= 0.3 is 0 Å². The minimum absolute atomic E-state index is 0.0558. The van der Waals surface area contributed by atoms with E-state index in [0.29, 0.717) is 11.1 Å². The molecule has 0 spiro atoms. The SMILES string of the molecule is Cc1cc(I)c(C=O)cc1C(=O)CCl. The van der Waals surface area contributed by atoms with Gasteiger partial charge in [0.1, 0.15) is 0 Å². The third kappa shape index (κ3) is 2.33. The molecule has 4 heteroatoms. The summed E-state index contributed by atoms with van der Waals surface area (Å²) < 4.78 is 0.848. The Morgan fingerprint density at radius 2 is 2.21 bits per heavy atom. The molecule has 0 amide bonds. The molecule has 0 saturated heterocycles. The summed E-state index contributed by atoms with van der Waals surface area (Å²) in [5.41, 5.74) is 1.91. The van der Waals surface area contributed by atoms with Crippen molar-refractivity contribution in [2.24, 2.45) is 0 Å². The zero-order valence-electron chi connectivity index (χ0n) is 7.51. The van der Waals surface area contributed by atoms with Gasteiger partial charge in [0, 0.05) is 14.7 Å². The van der Waals surface area contributed by atoms with Crippen LogP contribution < -0.4 is 0 Å². The molecule has 1 aromatic rings. The Balaban J connectivity index is 3.30. The van der Waals surface area contributed by atoms with Gasteiger partial charge in [-0.05, 0) is 47.2 Å². The highest BCUT2D eigenvalue weighted by atomic mass is 127. The van der Waals surface area contributed by atoms with Crippen LogP contribution in [0.1, 0.15) is 26.3 Å². The summed E-state index contributed by atoms with van der Waals surface area (Å²) in [7, 11) is 0. The molecule has 1 aromatic carbocycles. The van der Waals surface area contributed by atoms with E-state index in [9.17, 15) is 9.59 Å². The molecule has 0 atom stereocenters. The van der Waals surface area contributed by atoms with Crippen molar-refractivity contribution in [2.45, 2.75) is 6.92 Å². The first-order chi connectivity index (χ1) is 6.60. The van der Waals surface area contributed by atoms with Crippen LogP contribution in [0, 0.1) is 10.5 Å². The number of carbonyl (C=O) groups excluding carboxylic acids is 2. The molecule has 0 radical (unpaired) electrons. The van der Waals surface area contributed by atoms with Gasteiger partial charge in [-0.15, -0.1) is 11.6 Å². The predicted molar refractivity (Wildman–Crippen MR) is 64.3 cm³/mol. The molecule has 2 nitrogen and oxygen atoms in total. The van der Waals surface area contributed by atoms with Crippen LogP contribution in [0.15, 0.2) is 12.1 Å². The monoisotopic (exact) mass is 322 g/mol. The average molecular weight is 323 g/mol. The van der Waals surface area contributed by atoms with Gasteiger partial charge in [0.25, 0.3) is 0 Å². The minimum atomic E-state index is -0.149. The van der Waals surface area contributed by atoms with Crippen LogP contribution >= 0.6 is 34.2 Å². The van der Waals surface area contributed by atoms with Crippen molar-refractivity contribution >= 4 is 46.3 Å².